The quantitative estimate of drug-likeness (QED) is 0.627. The van der Waals surface area contributed by atoms with E-state index in [2.05, 4.69) is 37.1 Å². The molecule has 0 amide bonds. The molecule has 1 unspecified atom stereocenters. The number of rotatable bonds is 4. The third-order valence-electron chi connectivity index (χ3n) is 2.52. The highest BCUT2D eigenvalue weighted by Gasteiger charge is 2.00. The minimum absolute atomic E-state index is 0.121. The summed E-state index contributed by atoms with van der Waals surface area (Å²) >= 11 is 0. The first-order valence-electron chi connectivity index (χ1n) is 5.29. The number of hydrogen-bond donors (Lipinski definition) is 0. The van der Waals surface area contributed by atoms with Gasteiger partial charge in [0.2, 0.25) is 0 Å². The average Bonchev–Trinajstić information content (AvgIpc) is 2.26. The Kier molecular flexibility index (Phi) is 4.26. The second-order valence-electron chi connectivity index (χ2n) is 3.71. The maximum atomic E-state index is 7.06. The van der Waals surface area contributed by atoms with Crippen LogP contribution >= 0.6 is 0 Å². The summed E-state index contributed by atoms with van der Waals surface area (Å²) in [6, 6.07) is 8.55. The van der Waals surface area contributed by atoms with Crippen LogP contribution in [-0.2, 0) is 6.42 Å². The van der Waals surface area contributed by atoms with Gasteiger partial charge in [0.15, 0.2) is 0 Å². The number of unbranched alkanes of at least 4 members (excludes halogenated alkanes) is 1. The topological polar surface area (TPSA) is 0 Å². The molecule has 0 aliphatic rings. The Morgan fingerprint density at radius 2 is 1.93 bits per heavy atom. The summed E-state index contributed by atoms with van der Waals surface area (Å²) < 4.78 is 0. The molecule has 1 aromatic carbocycles. The fourth-order valence-electron chi connectivity index (χ4n) is 1.44. The summed E-state index contributed by atoms with van der Waals surface area (Å²) in [7, 11) is 0. The maximum Gasteiger partial charge on any atom is 0.0434 e. The molecule has 0 bridgehead atoms. The van der Waals surface area contributed by atoms with Crippen molar-refractivity contribution in [2.45, 2.75) is 39.0 Å². The van der Waals surface area contributed by atoms with Crippen LogP contribution in [0.25, 0.3) is 0 Å². The molecule has 1 atom stereocenters. The van der Waals surface area contributed by atoms with Crippen molar-refractivity contribution in [2.24, 2.45) is 0 Å². The minimum atomic E-state index is 0.121. The second kappa shape index (κ2) is 5.50. The van der Waals surface area contributed by atoms with Crippen molar-refractivity contribution in [3.63, 3.8) is 0 Å². The van der Waals surface area contributed by atoms with E-state index < -0.39 is 0 Å². The standard InChI is InChI=1S/C14H17/c1-4-6-7-13-8-10-14(11-9-13)12(3)5-2/h8-12H,4,6-7H2,1,3H3. The molecular formula is C14H17. The normalized spacial score (nSPS) is 12.1. The fourth-order valence-corrected chi connectivity index (χ4v) is 1.44. The van der Waals surface area contributed by atoms with Gasteiger partial charge in [-0.1, -0.05) is 43.5 Å². The molecule has 0 aliphatic heterocycles. The molecule has 1 radical (unpaired) electrons. The zero-order valence-electron chi connectivity index (χ0n) is 9.01. The lowest BCUT2D eigenvalue weighted by atomic mass is 9.99. The molecule has 0 N–H and O–H groups in total. The zero-order chi connectivity index (χ0) is 10.4. The molecule has 0 nitrogen and oxygen atoms in total. The van der Waals surface area contributed by atoms with Crippen LogP contribution in [0.5, 0.6) is 0 Å². The number of benzene rings is 1. The van der Waals surface area contributed by atoms with Crippen molar-refractivity contribution < 1.29 is 0 Å². The van der Waals surface area contributed by atoms with Crippen LogP contribution < -0.4 is 0 Å². The number of hydrogen-bond acceptors (Lipinski definition) is 0. The molecule has 0 aromatic heterocycles. The van der Waals surface area contributed by atoms with Crippen molar-refractivity contribution in [1.82, 2.24) is 0 Å². The Balaban J connectivity index is 2.65. The first kappa shape index (κ1) is 10.9. The summed E-state index contributed by atoms with van der Waals surface area (Å²) in [5.74, 6) is 2.61. The van der Waals surface area contributed by atoms with Crippen molar-refractivity contribution in [3.8, 4) is 5.92 Å². The smallest absolute Gasteiger partial charge is 0.0434 e. The Morgan fingerprint density at radius 1 is 1.29 bits per heavy atom. The summed E-state index contributed by atoms with van der Waals surface area (Å²) in [5.41, 5.74) is 2.58. The highest BCUT2D eigenvalue weighted by Crippen LogP contribution is 2.15. The van der Waals surface area contributed by atoms with E-state index in [1.807, 2.05) is 6.92 Å². The monoisotopic (exact) mass is 185 g/mol. The minimum Gasteiger partial charge on any atom is -0.0812 e. The van der Waals surface area contributed by atoms with Crippen molar-refractivity contribution in [3.05, 3.63) is 41.8 Å². The van der Waals surface area contributed by atoms with Crippen LogP contribution in [0.2, 0.25) is 0 Å². The summed E-state index contributed by atoms with van der Waals surface area (Å²) in [4.78, 5) is 0. The molecule has 0 saturated carbocycles. The first-order chi connectivity index (χ1) is 6.77. The SMILES string of the molecule is [C]#CC(C)c1ccc(CCCC)cc1. The maximum absolute atomic E-state index is 7.06. The van der Waals surface area contributed by atoms with E-state index in [9.17, 15) is 0 Å². The van der Waals surface area contributed by atoms with Gasteiger partial charge in [0.25, 0.3) is 0 Å². The lowest BCUT2D eigenvalue weighted by Crippen LogP contribution is -1.90. The summed E-state index contributed by atoms with van der Waals surface area (Å²) in [6.07, 6.45) is 10.7. The Morgan fingerprint density at radius 3 is 2.43 bits per heavy atom. The van der Waals surface area contributed by atoms with E-state index in [1.165, 1.54) is 30.4 Å². The van der Waals surface area contributed by atoms with E-state index in [4.69, 9.17) is 6.42 Å². The third kappa shape index (κ3) is 2.92. The van der Waals surface area contributed by atoms with E-state index in [-0.39, 0.29) is 5.92 Å². The second-order valence-corrected chi connectivity index (χ2v) is 3.71. The third-order valence-corrected chi connectivity index (χ3v) is 2.52. The first-order valence-corrected chi connectivity index (χ1v) is 5.29. The van der Waals surface area contributed by atoms with Crippen LogP contribution in [-0.4, -0.2) is 0 Å². The van der Waals surface area contributed by atoms with Crippen LogP contribution in [0.1, 0.15) is 43.7 Å². The number of aryl methyl sites for hydroxylation is 1. The van der Waals surface area contributed by atoms with E-state index in [0.29, 0.717) is 0 Å². The Hall–Kier alpha value is -1.22. The van der Waals surface area contributed by atoms with Crippen molar-refractivity contribution >= 4 is 0 Å². The van der Waals surface area contributed by atoms with Gasteiger partial charge in [-0.05, 0) is 37.3 Å². The van der Waals surface area contributed by atoms with Gasteiger partial charge in [0.05, 0.1) is 0 Å². The van der Waals surface area contributed by atoms with Crippen molar-refractivity contribution in [2.75, 3.05) is 0 Å². The Labute approximate surface area is 87.4 Å². The zero-order valence-corrected chi connectivity index (χ0v) is 9.01. The van der Waals surface area contributed by atoms with Gasteiger partial charge in [0, 0.05) is 5.92 Å². The Bertz CT molecular complexity index is 300. The predicted molar refractivity (Wildman–Crippen MR) is 60.6 cm³/mol. The van der Waals surface area contributed by atoms with E-state index in [0.717, 1.165) is 0 Å². The van der Waals surface area contributed by atoms with Crippen LogP contribution in [0, 0.1) is 12.3 Å². The summed E-state index contributed by atoms with van der Waals surface area (Å²) in [5, 5.41) is 0. The molecule has 14 heavy (non-hydrogen) atoms. The van der Waals surface area contributed by atoms with Crippen LogP contribution in [0.4, 0.5) is 0 Å². The van der Waals surface area contributed by atoms with Crippen LogP contribution in [0.3, 0.4) is 0 Å². The van der Waals surface area contributed by atoms with E-state index in [1.54, 1.807) is 0 Å². The van der Waals surface area contributed by atoms with Crippen molar-refractivity contribution in [1.29, 1.82) is 0 Å². The van der Waals surface area contributed by atoms with Gasteiger partial charge in [-0.3, -0.25) is 0 Å². The van der Waals surface area contributed by atoms with Gasteiger partial charge >= 0.3 is 0 Å². The largest absolute Gasteiger partial charge is 0.0812 e. The van der Waals surface area contributed by atoms with Gasteiger partial charge < -0.3 is 0 Å². The van der Waals surface area contributed by atoms with Crippen LogP contribution in [0.15, 0.2) is 24.3 Å². The summed E-state index contributed by atoms with van der Waals surface area (Å²) in [6.45, 7) is 4.20. The van der Waals surface area contributed by atoms with Gasteiger partial charge in [-0.15, -0.1) is 0 Å². The van der Waals surface area contributed by atoms with Gasteiger partial charge in [-0.2, -0.15) is 0 Å². The molecule has 1 rings (SSSR count). The van der Waals surface area contributed by atoms with E-state index >= 15 is 0 Å². The average molecular weight is 185 g/mol. The molecule has 0 spiro atoms. The lowest BCUT2D eigenvalue weighted by Gasteiger charge is -2.05. The molecule has 0 heterocycles. The molecule has 1 aromatic rings. The molecule has 73 valence electrons. The molecule has 0 saturated heterocycles. The molecule has 0 heteroatoms. The lowest BCUT2D eigenvalue weighted by molar-refractivity contribution is 0.794. The molecular weight excluding hydrogens is 168 g/mol. The molecule has 0 fully saturated rings. The predicted octanol–water partition coefficient (Wildman–Crippen LogP) is 3.72. The highest BCUT2D eigenvalue weighted by molar-refractivity contribution is 5.28. The van der Waals surface area contributed by atoms with Gasteiger partial charge in [0.1, 0.15) is 0 Å². The molecule has 0 aliphatic carbocycles. The van der Waals surface area contributed by atoms with Gasteiger partial charge in [-0.25, -0.2) is 0 Å². The fraction of sp³-hybridized carbons (Fsp3) is 0.429. The highest BCUT2D eigenvalue weighted by atomic mass is 14.0.